The molecule has 27 heavy (non-hydrogen) atoms. The Balaban J connectivity index is 1.70. The number of nitrogens with zero attached hydrogens (tertiary/aromatic N) is 6. The van der Waals surface area contributed by atoms with Crippen LogP contribution in [0.25, 0.3) is 5.69 Å². The topological polar surface area (TPSA) is 70.2 Å². The summed E-state index contributed by atoms with van der Waals surface area (Å²) < 4.78 is 7.24. The van der Waals surface area contributed by atoms with Gasteiger partial charge in [0.2, 0.25) is 0 Å². The lowest BCUT2D eigenvalue weighted by molar-refractivity contribution is 0.414. The summed E-state index contributed by atoms with van der Waals surface area (Å²) in [7, 11) is 1.66. The number of rotatable bonds is 2. The molecule has 2 aliphatic heterocycles. The predicted octanol–water partition coefficient (Wildman–Crippen LogP) is 3.16. The Morgan fingerprint density at radius 2 is 1.93 bits per heavy atom. The normalized spacial score (nSPS) is 19.9. The number of aryl methyl sites for hydroxylation is 1. The summed E-state index contributed by atoms with van der Waals surface area (Å²) in [4.78, 5) is 0. The maximum Gasteiger partial charge on any atom is 0.251 e. The van der Waals surface area contributed by atoms with Crippen molar-refractivity contribution in [2.75, 3.05) is 17.1 Å². The standard InChI is InChI=1S/C20H18N6O/c1-13-3-8-17-19(9-13)26-18(14-4-6-16(27-2)7-5-14)10-15(11-21)25(26)20-23-22-12-24(17)20/h3-9,12,15,18H,10H2,1-2H3/t15-,18-/m1/s1. The van der Waals surface area contributed by atoms with Crippen LogP contribution in [0.4, 0.5) is 11.6 Å². The molecule has 7 nitrogen and oxygen atoms in total. The van der Waals surface area contributed by atoms with Gasteiger partial charge in [0, 0.05) is 6.42 Å². The van der Waals surface area contributed by atoms with Crippen LogP contribution in [-0.4, -0.2) is 27.9 Å². The van der Waals surface area contributed by atoms with Crippen molar-refractivity contribution < 1.29 is 4.74 Å². The van der Waals surface area contributed by atoms with E-state index in [-0.39, 0.29) is 12.1 Å². The molecular formula is C20H18N6O. The molecule has 0 bridgehead atoms. The number of benzene rings is 2. The molecule has 2 atom stereocenters. The summed E-state index contributed by atoms with van der Waals surface area (Å²) in [6.07, 6.45) is 2.39. The van der Waals surface area contributed by atoms with E-state index in [0.717, 1.165) is 22.7 Å². The van der Waals surface area contributed by atoms with E-state index in [2.05, 4.69) is 58.5 Å². The van der Waals surface area contributed by atoms with Gasteiger partial charge in [-0.25, -0.2) is 5.01 Å². The van der Waals surface area contributed by atoms with Gasteiger partial charge in [-0.1, -0.05) is 18.2 Å². The minimum absolute atomic E-state index is 0.0338. The van der Waals surface area contributed by atoms with Crippen LogP contribution in [-0.2, 0) is 0 Å². The molecule has 0 saturated carbocycles. The highest BCUT2D eigenvalue weighted by molar-refractivity contribution is 5.75. The molecule has 5 rings (SSSR count). The van der Waals surface area contributed by atoms with Gasteiger partial charge in [-0.2, -0.15) is 5.26 Å². The van der Waals surface area contributed by atoms with Crippen molar-refractivity contribution in [3.63, 3.8) is 0 Å². The van der Waals surface area contributed by atoms with Gasteiger partial charge in [0.15, 0.2) is 0 Å². The van der Waals surface area contributed by atoms with E-state index >= 15 is 0 Å². The van der Waals surface area contributed by atoms with Crippen LogP contribution in [0.1, 0.15) is 23.6 Å². The van der Waals surface area contributed by atoms with Crippen molar-refractivity contribution in [1.29, 1.82) is 5.26 Å². The smallest absolute Gasteiger partial charge is 0.251 e. The number of aromatic nitrogens is 3. The number of anilines is 2. The maximum absolute atomic E-state index is 9.82. The first-order valence-electron chi connectivity index (χ1n) is 8.84. The molecular weight excluding hydrogens is 340 g/mol. The molecule has 1 aromatic heterocycles. The van der Waals surface area contributed by atoms with Gasteiger partial charge in [-0.15, -0.1) is 10.2 Å². The third-order valence-electron chi connectivity index (χ3n) is 5.29. The molecule has 7 heteroatoms. The van der Waals surface area contributed by atoms with Gasteiger partial charge < -0.3 is 4.74 Å². The molecule has 2 aromatic carbocycles. The molecule has 3 heterocycles. The minimum atomic E-state index is -0.311. The van der Waals surface area contributed by atoms with E-state index in [1.165, 1.54) is 5.56 Å². The second-order valence-corrected chi connectivity index (χ2v) is 6.85. The first kappa shape index (κ1) is 15.7. The summed E-state index contributed by atoms with van der Waals surface area (Å²) in [5.41, 5.74) is 4.38. The van der Waals surface area contributed by atoms with E-state index in [9.17, 15) is 5.26 Å². The second kappa shape index (κ2) is 5.74. The predicted molar refractivity (Wildman–Crippen MR) is 101 cm³/mol. The van der Waals surface area contributed by atoms with E-state index in [4.69, 9.17) is 4.74 Å². The van der Waals surface area contributed by atoms with Gasteiger partial charge in [-0.05, 0) is 42.3 Å². The van der Waals surface area contributed by atoms with E-state index in [0.29, 0.717) is 12.4 Å². The third-order valence-corrected chi connectivity index (χ3v) is 5.29. The number of methoxy groups -OCH3 is 1. The van der Waals surface area contributed by atoms with Gasteiger partial charge >= 0.3 is 0 Å². The highest BCUT2D eigenvalue weighted by atomic mass is 16.5. The van der Waals surface area contributed by atoms with Crippen molar-refractivity contribution in [3.05, 3.63) is 59.9 Å². The Morgan fingerprint density at radius 1 is 1.11 bits per heavy atom. The lowest BCUT2D eigenvalue weighted by Crippen LogP contribution is -2.46. The Hall–Kier alpha value is -3.53. The fourth-order valence-corrected chi connectivity index (χ4v) is 4.02. The molecule has 0 unspecified atom stereocenters. The third kappa shape index (κ3) is 2.20. The summed E-state index contributed by atoms with van der Waals surface area (Å²) in [5, 5.41) is 22.4. The Morgan fingerprint density at radius 3 is 2.67 bits per heavy atom. The number of hydrogen-bond donors (Lipinski definition) is 0. The lowest BCUT2D eigenvalue weighted by atomic mass is 10.0. The molecule has 2 aliphatic rings. The van der Waals surface area contributed by atoms with E-state index in [1.807, 2.05) is 21.7 Å². The van der Waals surface area contributed by atoms with Crippen LogP contribution < -0.4 is 14.8 Å². The number of ether oxygens (including phenoxy) is 1. The fraction of sp³-hybridized carbons (Fsp3) is 0.250. The van der Waals surface area contributed by atoms with Crippen LogP contribution in [0.2, 0.25) is 0 Å². The quantitative estimate of drug-likeness (QED) is 0.701. The fourth-order valence-electron chi connectivity index (χ4n) is 4.02. The van der Waals surface area contributed by atoms with E-state index in [1.54, 1.807) is 13.4 Å². The van der Waals surface area contributed by atoms with Crippen molar-refractivity contribution >= 4 is 11.6 Å². The number of fused-ring (bicyclic) bond motifs is 6. The number of nitriles is 1. The molecule has 0 spiro atoms. The first-order valence-corrected chi connectivity index (χ1v) is 8.84. The first-order chi connectivity index (χ1) is 13.2. The average molecular weight is 358 g/mol. The highest BCUT2D eigenvalue weighted by Crippen LogP contribution is 2.47. The Kier molecular flexibility index (Phi) is 3.34. The molecule has 134 valence electrons. The minimum Gasteiger partial charge on any atom is -0.497 e. The second-order valence-electron chi connectivity index (χ2n) is 6.85. The van der Waals surface area contributed by atoms with Crippen molar-refractivity contribution in [1.82, 2.24) is 14.8 Å². The molecule has 3 aromatic rings. The van der Waals surface area contributed by atoms with Crippen LogP contribution in [0.3, 0.4) is 0 Å². The molecule has 0 amide bonds. The van der Waals surface area contributed by atoms with Gasteiger partial charge in [-0.3, -0.25) is 9.58 Å². The van der Waals surface area contributed by atoms with Crippen LogP contribution in [0.15, 0.2) is 48.8 Å². The highest BCUT2D eigenvalue weighted by Gasteiger charge is 2.46. The van der Waals surface area contributed by atoms with Gasteiger partial charge in [0.05, 0.1) is 30.6 Å². The van der Waals surface area contributed by atoms with Crippen LogP contribution >= 0.6 is 0 Å². The SMILES string of the molecule is COc1ccc([C@H]2C[C@H](C#N)N3c4nncn4-c4ccc(C)cc4N23)cc1. The van der Waals surface area contributed by atoms with Crippen LogP contribution in [0.5, 0.6) is 5.75 Å². The summed E-state index contributed by atoms with van der Waals surface area (Å²) in [6.45, 7) is 2.08. The summed E-state index contributed by atoms with van der Waals surface area (Å²) in [6, 6.07) is 16.5. The largest absolute Gasteiger partial charge is 0.497 e. The van der Waals surface area contributed by atoms with E-state index < -0.39 is 0 Å². The van der Waals surface area contributed by atoms with Crippen molar-refractivity contribution in [2.24, 2.45) is 0 Å². The Bertz CT molecular complexity index is 1050. The van der Waals surface area contributed by atoms with Gasteiger partial charge in [0.25, 0.3) is 5.95 Å². The zero-order valence-corrected chi connectivity index (χ0v) is 15.1. The average Bonchev–Trinajstić information content (AvgIpc) is 3.32. The monoisotopic (exact) mass is 358 g/mol. The van der Waals surface area contributed by atoms with Crippen molar-refractivity contribution in [3.8, 4) is 17.5 Å². The van der Waals surface area contributed by atoms with Gasteiger partial charge in [0.1, 0.15) is 18.1 Å². The Labute approximate surface area is 157 Å². The number of hydrogen-bond acceptors (Lipinski definition) is 6. The zero-order chi connectivity index (χ0) is 18.5. The molecule has 1 saturated heterocycles. The molecule has 0 radical (unpaired) electrons. The summed E-state index contributed by atoms with van der Waals surface area (Å²) in [5.74, 6) is 1.49. The molecule has 1 fully saturated rings. The lowest BCUT2D eigenvalue weighted by Gasteiger charge is -2.40. The zero-order valence-electron chi connectivity index (χ0n) is 15.1. The maximum atomic E-state index is 9.82. The molecule has 0 aliphatic carbocycles. The molecule has 0 N–H and O–H groups in total. The number of hydrazine groups is 1. The van der Waals surface area contributed by atoms with Crippen molar-refractivity contribution in [2.45, 2.75) is 25.4 Å². The summed E-state index contributed by atoms with van der Waals surface area (Å²) >= 11 is 0. The van der Waals surface area contributed by atoms with Crippen LogP contribution in [0, 0.1) is 18.3 Å².